The summed E-state index contributed by atoms with van der Waals surface area (Å²) in [7, 11) is 5.34. The third-order valence-electron chi connectivity index (χ3n) is 4.52. The van der Waals surface area contributed by atoms with E-state index in [-0.39, 0.29) is 29.3 Å². The summed E-state index contributed by atoms with van der Waals surface area (Å²) in [4.78, 5) is 20.4. The van der Waals surface area contributed by atoms with Gasteiger partial charge in [-0.1, -0.05) is 11.8 Å². The second-order valence-electron chi connectivity index (χ2n) is 6.71. The van der Waals surface area contributed by atoms with Gasteiger partial charge < -0.3 is 9.47 Å². The van der Waals surface area contributed by atoms with Crippen LogP contribution < -0.4 is 0 Å². The van der Waals surface area contributed by atoms with Crippen LogP contribution in [-0.4, -0.2) is 57.2 Å². The monoisotopic (exact) mass is 380 g/mol. The highest BCUT2D eigenvalue weighted by Gasteiger charge is 2.38. The molecule has 2 atom stereocenters. The minimum absolute atomic E-state index is 0.0234. The van der Waals surface area contributed by atoms with Crippen LogP contribution in [0.5, 0.6) is 0 Å². The summed E-state index contributed by atoms with van der Waals surface area (Å²) < 4.78 is 29.5. The molecule has 2 heterocycles. The zero-order valence-corrected chi connectivity index (χ0v) is 15.8. The van der Waals surface area contributed by atoms with Crippen molar-refractivity contribution in [3.8, 4) is 0 Å². The molecule has 0 bridgehead atoms. The average Bonchev–Trinajstić information content (AvgIpc) is 3.17. The van der Waals surface area contributed by atoms with E-state index in [1.54, 1.807) is 37.0 Å². The van der Waals surface area contributed by atoms with E-state index in [2.05, 4.69) is 4.98 Å². The number of benzene rings is 1. The van der Waals surface area contributed by atoms with E-state index in [9.17, 15) is 13.6 Å². The van der Waals surface area contributed by atoms with Crippen LogP contribution in [0.25, 0.3) is 0 Å². The zero-order chi connectivity index (χ0) is 18.8. The lowest BCUT2D eigenvalue weighted by molar-refractivity contribution is -0.133. The molecule has 1 aromatic carbocycles. The summed E-state index contributed by atoms with van der Waals surface area (Å²) in [5.74, 6) is -0.956. The first-order valence-corrected chi connectivity index (χ1v) is 9.26. The summed E-state index contributed by atoms with van der Waals surface area (Å²) in [5.41, 5.74) is 0.268. The maximum absolute atomic E-state index is 14.1. The number of imidazole rings is 1. The summed E-state index contributed by atoms with van der Waals surface area (Å²) in [6.45, 7) is 0.809. The predicted octanol–water partition coefficient (Wildman–Crippen LogP) is 2.52. The highest BCUT2D eigenvalue weighted by atomic mass is 32.2. The molecule has 26 heavy (non-hydrogen) atoms. The highest BCUT2D eigenvalue weighted by Crippen LogP contribution is 2.33. The average molecular weight is 380 g/mol. The van der Waals surface area contributed by atoms with Gasteiger partial charge in [0.05, 0.1) is 6.04 Å². The zero-order valence-electron chi connectivity index (χ0n) is 15.0. The minimum Gasteiger partial charge on any atom is -0.347 e. The summed E-state index contributed by atoms with van der Waals surface area (Å²) in [5, 5.41) is 1.03. The van der Waals surface area contributed by atoms with Gasteiger partial charge in [0.1, 0.15) is 11.6 Å². The molecule has 2 aromatic rings. The van der Waals surface area contributed by atoms with Crippen LogP contribution in [0.15, 0.2) is 35.7 Å². The first kappa shape index (κ1) is 18.8. The van der Waals surface area contributed by atoms with E-state index in [4.69, 9.17) is 0 Å². The largest absolute Gasteiger partial charge is 0.347 e. The van der Waals surface area contributed by atoms with Crippen LogP contribution in [0.3, 0.4) is 0 Å². The molecule has 1 amide bonds. The van der Waals surface area contributed by atoms with Crippen molar-refractivity contribution in [1.29, 1.82) is 0 Å². The Balaban J connectivity index is 1.79. The SMILES string of the molecule is CN(C)C(=O)[C@@H]1C[C@@H](Sc2nccn2C)CN1Cc1cc(F)ccc1F. The van der Waals surface area contributed by atoms with Crippen LogP contribution in [0.2, 0.25) is 0 Å². The molecule has 140 valence electrons. The van der Waals surface area contributed by atoms with Gasteiger partial charge in [-0.15, -0.1) is 0 Å². The van der Waals surface area contributed by atoms with Gasteiger partial charge in [0.2, 0.25) is 5.91 Å². The number of thioether (sulfide) groups is 1. The van der Waals surface area contributed by atoms with Crippen molar-refractivity contribution < 1.29 is 13.6 Å². The molecule has 5 nitrogen and oxygen atoms in total. The summed E-state index contributed by atoms with van der Waals surface area (Å²) in [6.07, 6.45) is 4.25. The van der Waals surface area contributed by atoms with Crippen molar-refractivity contribution in [1.82, 2.24) is 19.4 Å². The van der Waals surface area contributed by atoms with Crippen molar-refractivity contribution in [2.75, 3.05) is 20.6 Å². The fourth-order valence-corrected chi connectivity index (χ4v) is 4.37. The molecule has 0 unspecified atom stereocenters. The van der Waals surface area contributed by atoms with Crippen molar-refractivity contribution in [3.05, 3.63) is 47.8 Å². The fraction of sp³-hybridized carbons (Fsp3) is 0.444. The van der Waals surface area contributed by atoms with E-state index >= 15 is 0 Å². The standard InChI is InChI=1S/C18H22F2N4OS/c1-22(2)17(25)16-9-14(26-18-21-6-7-23(18)3)11-24(16)10-12-8-13(19)4-5-15(12)20/h4-8,14,16H,9-11H2,1-3H3/t14-,16+/m1/s1. The Kier molecular flexibility index (Phi) is 5.62. The third kappa shape index (κ3) is 4.07. The normalized spacial score (nSPS) is 20.5. The molecule has 0 N–H and O–H groups in total. The Labute approximate surface area is 156 Å². The highest BCUT2D eigenvalue weighted by molar-refractivity contribution is 7.99. The van der Waals surface area contributed by atoms with E-state index < -0.39 is 11.6 Å². The molecule has 1 saturated heterocycles. The third-order valence-corrected chi connectivity index (χ3v) is 5.80. The molecule has 0 saturated carbocycles. The van der Waals surface area contributed by atoms with Crippen molar-refractivity contribution >= 4 is 17.7 Å². The van der Waals surface area contributed by atoms with E-state index in [0.29, 0.717) is 13.0 Å². The number of amides is 1. The molecular weight excluding hydrogens is 358 g/mol. The quantitative estimate of drug-likeness (QED) is 0.799. The molecule has 0 aliphatic carbocycles. The van der Waals surface area contributed by atoms with Crippen LogP contribution in [0, 0.1) is 11.6 Å². The van der Waals surface area contributed by atoms with Crippen LogP contribution in [0.4, 0.5) is 8.78 Å². The lowest BCUT2D eigenvalue weighted by atomic mass is 10.1. The van der Waals surface area contributed by atoms with Gasteiger partial charge in [-0.3, -0.25) is 9.69 Å². The molecule has 1 aliphatic rings. The predicted molar refractivity (Wildman–Crippen MR) is 96.7 cm³/mol. The van der Waals surface area contributed by atoms with Crippen LogP contribution in [-0.2, 0) is 18.4 Å². The number of rotatable bonds is 5. The number of hydrogen-bond acceptors (Lipinski definition) is 4. The van der Waals surface area contributed by atoms with Gasteiger partial charge in [-0.25, -0.2) is 13.8 Å². The van der Waals surface area contributed by atoms with Gasteiger partial charge in [-0.2, -0.15) is 0 Å². The first-order valence-electron chi connectivity index (χ1n) is 8.38. The van der Waals surface area contributed by atoms with Crippen molar-refractivity contribution in [3.63, 3.8) is 0 Å². The van der Waals surface area contributed by atoms with Gasteiger partial charge >= 0.3 is 0 Å². The number of likely N-dealkylation sites (N-methyl/N-ethyl adjacent to an activating group) is 1. The molecule has 1 aliphatic heterocycles. The van der Waals surface area contributed by atoms with Crippen molar-refractivity contribution in [2.45, 2.75) is 29.4 Å². The second kappa shape index (κ2) is 7.75. The lowest BCUT2D eigenvalue weighted by Gasteiger charge is -2.26. The van der Waals surface area contributed by atoms with Gasteiger partial charge in [0.15, 0.2) is 5.16 Å². The Hall–Kier alpha value is -1.93. The van der Waals surface area contributed by atoms with Gasteiger partial charge in [-0.05, 0) is 24.6 Å². The van der Waals surface area contributed by atoms with Gasteiger partial charge in [0, 0.05) is 57.4 Å². The lowest BCUT2D eigenvalue weighted by Crippen LogP contribution is -2.42. The van der Waals surface area contributed by atoms with E-state index in [1.165, 1.54) is 6.07 Å². The molecule has 1 fully saturated rings. The van der Waals surface area contributed by atoms with Gasteiger partial charge in [0.25, 0.3) is 0 Å². The van der Waals surface area contributed by atoms with E-state index in [0.717, 1.165) is 17.3 Å². The number of carbonyl (C=O) groups is 1. The molecule has 0 spiro atoms. The number of nitrogens with zero attached hydrogens (tertiary/aromatic N) is 4. The second-order valence-corrected chi connectivity index (χ2v) is 7.98. The molecule has 1 aromatic heterocycles. The van der Waals surface area contributed by atoms with E-state index in [1.807, 2.05) is 22.7 Å². The summed E-state index contributed by atoms with van der Waals surface area (Å²) >= 11 is 1.61. The maximum Gasteiger partial charge on any atom is 0.239 e. The molecule has 8 heteroatoms. The fourth-order valence-electron chi connectivity index (χ4n) is 3.17. The Bertz CT molecular complexity index is 795. The number of aryl methyl sites for hydroxylation is 1. The number of hydrogen-bond donors (Lipinski definition) is 0. The van der Waals surface area contributed by atoms with Crippen LogP contribution >= 0.6 is 11.8 Å². The smallest absolute Gasteiger partial charge is 0.239 e. The number of carbonyl (C=O) groups excluding carboxylic acids is 1. The topological polar surface area (TPSA) is 41.4 Å². The Morgan fingerprint density at radius 1 is 1.38 bits per heavy atom. The number of likely N-dealkylation sites (tertiary alicyclic amines) is 1. The minimum atomic E-state index is -0.477. The van der Waals surface area contributed by atoms with Crippen LogP contribution in [0.1, 0.15) is 12.0 Å². The first-order chi connectivity index (χ1) is 12.3. The molecule has 0 radical (unpaired) electrons. The summed E-state index contributed by atoms with van der Waals surface area (Å²) in [6, 6.07) is 3.07. The van der Waals surface area contributed by atoms with Crippen molar-refractivity contribution in [2.24, 2.45) is 7.05 Å². The Morgan fingerprint density at radius 2 is 2.15 bits per heavy atom. The Morgan fingerprint density at radius 3 is 2.81 bits per heavy atom. The molecule has 3 rings (SSSR count). The number of aromatic nitrogens is 2. The molecular formula is C18H22F2N4OS. The number of halogens is 2. The maximum atomic E-state index is 14.1.